The van der Waals surface area contributed by atoms with Crippen LogP contribution in [-0.4, -0.2) is 13.0 Å². The average molecular weight is 321 g/mol. The van der Waals surface area contributed by atoms with Crippen molar-refractivity contribution >= 4 is 40.2 Å². The smallest absolute Gasteiger partial charge is 0.268 e. The predicted octanol–water partition coefficient (Wildman–Crippen LogP) is 4.14. The largest absolute Gasteiger partial charge is 0.397 e. The first-order valence-electron chi connectivity index (χ1n) is 7.01. The van der Waals surface area contributed by atoms with Crippen LogP contribution in [0.3, 0.4) is 0 Å². The maximum atomic E-state index is 12.7. The minimum Gasteiger partial charge on any atom is -0.397 e. The van der Waals surface area contributed by atoms with Crippen LogP contribution < -0.4 is 10.6 Å². The Morgan fingerprint density at radius 2 is 2.05 bits per heavy atom. The zero-order valence-electron chi connectivity index (χ0n) is 11.9. The number of aryl methyl sites for hydroxylation is 2. The second-order valence-electron chi connectivity index (χ2n) is 5.33. The van der Waals surface area contributed by atoms with E-state index in [2.05, 4.69) is 0 Å². The quantitative estimate of drug-likeness (QED) is 0.845. The fourth-order valence-electron chi connectivity index (χ4n) is 2.68. The van der Waals surface area contributed by atoms with Crippen molar-refractivity contribution in [2.24, 2.45) is 0 Å². The van der Waals surface area contributed by atoms with Gasteiger partial charge in [-0.1, -0.05) is 11.6 Å². The van der Waals surface area contributed by atoms with Gasteiger partial charge in [0.05, 0.1) is 16.3 Å². The summed E-state index contributed by atoms with van der Waals surface area (Å²) in [4.78, 5) is 16.4. The van der Waals surface area contributed by atoms with Gasteiger partial charge in [0.2, 0.25) is 0 Å². The Morgan fingerprint density at radius 1 is 1.29 bits per heavy atom. The van der Waals surface area contributed by atoms with Crippen LogP contribution in [0.4, 0.5) is 11.4 Å². The lowest BCUT2D eigenvalue weighted by atomic mass is 9.99. The summed E-state index contributed by atoms with van der Waals surface area (Å²) in [5, 5.41) is 0.573. The number of anilines is 2. The Hall–Kier alpha value is -1.52. The Labute approximate surface area is 133 Å². The molecule has 21 heavy (non-hydrogen) atoms. The number of hydrogen-bond acceptors (Lipinski definition) is 3. The van der Waals surface area contributed by atoms with Crippen molar-refractivity contribution in [1.29, 1.82) is 0 Å². The second kappa shape index (κ2) is 5.70. The standard InChI is InChI=1S/C16H17ClN2OS/c1-19(13-9-11(17)6-7-12(13)18)16(20)15-8-10-4-2-3-5-14(10)21-15/h6-9H,2-5,18H2,1H3. The molecule has 3 rings (SSSR count). The summed E-state index contributed by atoms with van der Waals surface area (Å²) in [6.45, 7) is 0. The van der Waals surface area contributed by atoms with E-state index >= 15 is 0 Å². The molecule has 1 aromatic carbocycles. The molecule has 1 aromatic heterocycles. The van der Waals surface area contributed by atoms with Crippen LogP contribution in [-0.2, 0) is 12.8 Å². The minimum atomic E-state index is -0.0247. The number of thiophene rings is 1. The van der Waals surface area contributed by atoms with Crippen molar-refractivity contribution in [3.8, 4) is 0 Å². The minimum absolute atomic E-state index is 0.0247. The van der Waals surface area contributed by atoms with Crippen molar-refractivity contribution in [1.82, 2.24) is 0 Å². The molecule has 0 bridgehead atoms. The molecule has 5 heteroatoms. The van der Waals surface area contributed by atoms with Crippen molar-refractivity contribution in [2.45, 2.75) is 25.7 Å². The topological polar surface area (TPSA) is 46.3 Å². The first kappa shape index (κ1) is 14.4. The van der Waals surface area contributed by atoms with Crippen LogP contribution >= 0.6 is 22.9 Å². The Kier molecular flexibility index (Phi) is 3.91. The summed E-state index contributed by atoms with van der Waals surface area (Å²) in [5.41, 5.74) is 8.49. The zero-order valence-corrected chi connectivity index (χ0v) is 13.4. The molecule has 0 spiro atoms. The Bertz CT molecular complexity index is 672. The third-order valence-electron chi connectivity index (χ3n) is 3.87. The van der Waals surface area contributed by atoms with Crippen molar-refractivity contribution in [3.05, 3.63) is 44.6 Å². The number of halogens is 1. The highest BCUT2D eigenvalue weighted by Crippen LogP contribution is 2.32. The summed E-state index contributed by atoms with van der Waals surface area (Å²) >= 11 is 7.61. The summed E-state index contributed by atoms with van der Waals surface area (Å²) in [5.74, 6) is -0.0247. The van der Waals surface area contributed by atoms with Gasteiger partial charge in [-0.15, -0.1) is 11.3 Å². The van der Waals surface area contributed by atoms with Gasteiger partial charge < -0.3 is 10.6 Å². The van der Waals surface area contributed by atoms with Crippen LogP contribution in [0.5, 0.6) is 0 Å². The summed E-state index contributed by atoms with van der Waals surface area (Å²) in [6.07, 6.45) is 4.62. The Balaban J connectivity index is 1.90. The predicted molar refractivity (Wildman–Crippen MR) is 89.6 cm³/mol. The number of nitrogen functional groups attached to an aromatic ring is 1. The average Bonchev–Trinajstić information content (AvgIpc) is 2.92. The number of nitrogens with two attached hydrogens (primary N) is 1. The molecule has 0 saturated heterocycles. The van der Waals surface area contributed by atoms with Gasteiger partial charge in [-0.3, -0.25) is 4.79 Å². The molecule has 0 fully saturated rings. The lowest BCUT2D eigenvalue weighted by Gasteiger charge is -2.18. The molecular weight excluding hydrogens is 304 g/mol. The lowest BCUT2D eigenvalue weighted by Crippen LogP contribution is -2.26. The molecule has 1 aliphatic rings. The monoisotopic (exact) mass is 320 g/mol. The number of carbonyl (C=O) groups is 1. The molecule has 0 radical (unpaired) electrons. The third-order valence-corrected chi connectivity index (χ3v) is 5.33. The molecule has 0 aliphatic heterocycles. The van der Waals surface area contributed by atoms with E-state index in [1.54, 1.807) is 41.5 Å². The van der Waals surface area contributed by atoms with E-state index in [1.165, 1.54) is 23.3 Å². The normalized spacial score (nSPS) is 13.8. The first-order chi connectivity index (χ1) is 10.1. The number of amides is 1. The van der Waals surface area contributed by atoms with Crippen LogP contribution in [0.25, 0.3) is 0 Å². The molecule has 2 aromatic rings. The van der Waals surface area contributed by atoms with Gasteiger partial charge in [-0.05, 0) is 55.5 Å². The maximum Gasteiger partial charge on any atom is 0.268 e. The molecule has 0 atom stereocenters. The van der Waals surface area contributed by atoms with Crippen molar-refractivity contribution < 1.29 is 4.79 Å². The van der Waals surface area contributed by atoms with E-state index in [-0.39, 0.29) is 5.91 Å². The second-order valence-corrected chi connectivity index (χ2v) is 6.91. The van der Waals surface area contributed by atoms with E-state index in [0.29, 0.717) is 16.4 Å². The molecule has 1 amide bonds. The van der Waals surface area contributed by atoms with E-state index < -0.39 is 0 Å². The van der Waals surface area contributed by atoms with Crippen LogP contribution in [0.1, 0.15) is 33.0 Å². The summed E-state index contributed by atoms with van der Waals surface area (Å²) < 4.78 is 0. The molecule has 0 saturated carbocycles. The molecule has 1 aliphatic carbocycles. The van der Waals surface area contributed by atoms with Gasteiger partial charge in [0.25, 0.3) is 5.91 Å². The highest BCUT2D eigenvalue weighted by Gasteiger charge is 2.21. The van der Waals surface area contributed by atoms with E-state index in [0.717, 1.165) is 17.7 Å². The molecular formula is C16H17ClN2OS. The van der Waals surface area contributed by atoms with Crippen LogP contribution in [0.15, 0.2) is 24.3 Å². The first-order valence-corrected chi connectivity index (χ1v) is 8.20. The SMILES string of the molecule is CN(C(=O)c1cc2c(s1)CCCC2)c1cc(Cl)ccc1N. The number of nitrogens with zero attached hydrogens (tertiary/aromatic N) is 1. The Morgan fingerprint density at radius 3 is 2.81 bits per heavy atom. The maximum absolute atomic E-state index is 12.7. The highest BCUT2D eigenvalue weighted by atomic mass is 35.5. The van der Waals surface area contributed by atoms with Crippen LogP contribution in [0, 0.1) is 0 Å². The van der Waals surface area contributed by atoms with Crippen molar-refractivity contribution in [2.75, 3.05) is 17.7 Å². The van der Waals surface area contributed by atoms with Gasteiger partial charge in [0.15, 0.2) is 0 Å². The number of hydrogen-bond donors (Lipinski definition) is 1. The number of carbonyl (C=O) groups excluding carboxylic acids is 1. The third kappa shape index (κ3) is 2.78. The van der Waals surface area contributed by atoms with Gasteiger partial charge in [0, 0.05) is 16.9 Å². The van der Waals surface area contributed by atoms with Crippen molar-refractivity contribution in [3.63, 3.8) is 0 Å². The highest BCUT2D eigenvalue weighted by molar-refractivity contribution is 7.14. The molecule has 3 nitrogen and oxygen atoms in total. The van der Waals surface area contributed by atoms with E-state index in [9.17, 15) is 4.79 Å². The molecule has 110 valence electrons. The summed E-state index contributed by atoms with van der Waals surface area (Å²) in [6, 6.07) is 7.21. The number of rotatable bonds is 2. The van der Waals surface area contributed by atoms with E-state index in [4.69, 9.17) is 17.3 Å². The fraction of sp³-hybridized carbons (Fsp3) is 0.312. The molecule has 1 heterocycles. The molecule has 2 N–H and O–H groups in total. The van der Waals surface area contributed by atoms with E-state index in [1.807, 2.05) is 6.07 Å². The van der Waals surface area contributed by atoms with Gasteiger partial charge >= 0.3 is 0 Å². The lowest BCUT2D eigenvalue weighted by molar-refractivity contribution is 0.0997. The fourth-order valence-corrected chi connectivity index (χ4v) is 4.07. The van der Waals surface area contributed by atoms with Gasteiger partial charge in [-0.25, -0.2) is 0 Å². The number of fused-ring (bicyclic) bond motifs is 1. The van der Waals surface area contributed by atoms with Gasteiger partial charge in [-0.2, -0.15) is 0 Å². The molecule has 0 unspecified atom stereocenters. The number of benzene rings is 1. The van der Waals surface area contributed by atoms with Crippen LogP contribution in [0.2, 0.25) is 5.02 Å². The zero-order chi connectivity index (χ0) is 15.0. The summed E-state index contributed by atoms with van der Waals surface area (Å²) in [7, 11) is 1.74. The van der Waals surface area contributed by atoms with Gasteiger partial charge in [0.1, 0.15) is 0 Å².